The van der Waals surface area contributed by atoms with Gasteiger partial charge in [-0.05, 0) is 18.1 Å². The lowest BCUT2D eigenvalue weighted by atomic mass is 10.0. The predicted octanol–water partition coefficient (Wildman–Crippen LogP) is 0.904. The van der Waals surface area contributed by atoms with Crippen LogP contribution in [0.15, 0.2) is 30.5 Å². The van der Waals surface area contributed by atoms with Crippen molar-refractivity contribution in [2.24, 2.45) is 0 Å². The highest BCUT2D eigenvalue weighted by atomic mass is 16.2. The van der Waals surface area contributed by atoms with Gasteiger partial charge in [0.05, 0.1) is 0 Å². The quantitative estimate of drug-likeness (QED) is 0.835. The summed E-state index contributed by atoms with van der Waals surface area (Å²) >= 11 is 0. The van der Waals surface area contributed by atoms with Crippen LogP contribution < -0.4 is 5.32 Å². The number of amides is 3. The third kappa shape index (κ3) is 3.42. The van der Waals surface area contributed by atoms with Crippen LogP contribution in [-0.2, 0) is 20.8 Å². The SMILES string of the molecule is CC(=O)NC(Cc1c[nH]c2ccccc12)C(=O)N(C)C1CCN(C)C1=O. The molecule has 138 valence electrons. The van der Waals surface area contributed by atoms with Gasteiger partial charge in [-0.25, -0.2) is 0 Å². The van der Waals surface area contributed by atoms with Crippen molar-refractivity contribution in [3.05, 3.63) is 36.0 Å². The van der Waals surface area contributed by atoms with Crippen molar-refractivity contribution in [1.29, 1.82) is 0 Å². The number of rotatable bonds is 5. The van der Waals surface area contributed by atoms with Gasteiger partial charge in [0.2, 0.25) is 17.7 Å². The van der Waals surface area contributed by atoms with Gasteiger partial charge < -0.3 is 20.1 Å². The molecule has 1 saturated heterocycles. The molecule has 1 aliphatic rings. The Morgan fingerprint density at radius 1 is 1.38 bits per heavy atom. The number of para-hydroxylation sites is 1. The number of benzene rings is 1. The number of nitrogens with one attached hydrogen (secondary N) is 2. The molecule has 0 spiro atoms. The maximum atomic E-state index is 13.0. The fourth-order valence-electron chi connectivity index (χ4n) is 3.53. The van der Waals surface area contributed by atoms with Gasteiger partial charge in [0.1, 0.15) is 12.1 Å². The third-order valence-corrected chi connectivity index (χ3v) is 4.99. The lowest BCUT2D eigenvalue weighted by molar-refractivity contribution is -0.142. The summed E-state index contributed by atoms with van der Waals surface area (Å²) in [4.78, 5) is 43.2. The fraction of sp³-hybridized carbons (Fsp3) is 0.421. The standard InChI is InChI=1S/C19H24N4O3/c1-12(24)21-16(10-13-11-20-15-7-5-4-6-14(13)15)18(25)23(3)17-8-9-22(2)19(17)26/h4-7,11,16-17,20H,8-10H2,1-3H3,(H,21,24). The molecule has 2 heterocycles. The highest BCUT2D eigenvalue weighted by Crippen LogP contribution is 2.21. The average Bonchev–Trinajstić information content (AvgIpc) is 3.17. The highest BCUT2D eigenvalue weighted by molar-refractivity contribution is 5.93. The number of nitrogens with zero attached hydrogens (tertiary/aromatic N) is 2. The summed E-state index contributed by atoms with van der Waals surface area (Å²) in [6.07, 6.45) is 2.84. The Morgan fingerprint density at radius 3 is 2.77 bits per heavy atom. The van der Waals surface area contributed by atoms with Gasteiger partial charge in [-0.3, -0.25) is 14.4 Å². The normalized spacial score (nSPS) is 18.2. The largest absolute Gasteiger partial charge is 0.361 e. The lowest BCUT2D eigenvalue weighted by Crippen LogP contribution is -2.52. The zero-order valence-electron chi connectivity index (χ0n) is 15.3. The first-order valence-corrected chi connectivity index (χ1v) is 8.72. The van der Waals surface area contributed by atoms with E-state index in [0.29, 0.717) is 19.4 Å². The monoisotopic (exact) mass is 356 g/mol. The molecule has 2 unspecified atom stereocenters. The Balaban J connectivity index is 1.82. The summed E-state index contributed by atoms with van der Waals surface area (Å²) in [6, 6.07) is 6.65. The number of hydrogen-bond acceptors (Lipinski definition) is 3. The van der Waals surface area contributed by atoms with Crippen molar-refractivity contribution in [1.82, 2.24) is 20.1 Å². The van der Waals surface area contributed by atoms with Gasteiger partial charge >= 0.3 is 0 Å². The molecule has 1 fully saturated rings. The molecule has 2 aromatic rings. The molecule has 0 bridgehead atoms. The smallest absolute Gasteiger partial charge is 0.245 e. The molecular formula is C19H24N4O3. The molecule has 0 radical (unpaired) electrons. The van der Waals surface area contributed by atoms with Crippen LogP contribution in [0.4, 0.5) is 0 Å². The molecule has 1 aliphatic heterocycles. The maximum absolute atomic E-state index is 13.0. The summed E-state index contributed by atoms with van der Waals surface area (Å²) < 4.78 is 0. The van der Waals surface area contributed by atoms with E-state index in [-0.39, 0.29) is 17.7 Å². The molecule has 26 heavy (non-hydrogen) atoms. The van der Waals surface area contributed by atoms with E-state index in [4.69, 9.17) is 0 Å². The van der Waals surface area contributed by atoms with Gasteiger partial charge in [0, 0.05) is 51.1 Å². The summed E-state index contributed by atoms with van der Waals surface area (Å²) in [5.74, 6) is -0.583. The Bertz CT molecular complexity index is 844. The van der Waals surface area contributed by atoms with E-state index in [1.54, 1.807) is 19.0 Å². The molecule has 3 amide bonds. The first-order chi connectivity index (χ1) is 12.4. The molecule has 1 aromatic carbocycles. The highest BCUT2D eigenvalue weighted by Gasteiger charge is 2.37. The van der Waals surface area contributed by atoms with Gasteiger partial charge in [-0.2, -0.15) is 0 Å². The van der Waals surface area contributed by atoms with Crippen LogP contribution in [0.2, 0.25) is 0 Å². The molecular weight excluding hydrogens is 332 g/mol. The van der Waals surface area contributed by atoms with Gasteiger partial charge in [-0.1, -0.05) is 18.2 Å². The van der Waals surface area contributed by atoms with Crippen molar-refractivity contribution >= 4 is 28.6 Å². The fourth-order valence-corrected chi connectivity index (χ4v) is 3.53. The minimum absolute atomic E-state index is 0.0606. The zero-order chi connectivity index (χ0) is 18.8. The minimum atomic E-state index is -0.713. The Labute approximate surface area is 152 Å². The van der Waals surface area contributed by atoms with E-state index >= 15 is 0 Å². The molecule has 2 atom stereocenters. The number of fused-ring (bicyclic) bond motifs is 1. The maximum Gasteiger partial charge on any atom is 0.245 e. The number of likely N-dealkylation sites (tertiary alicyclic amines) is 1. The molecule has 0 aliphatic carbocycles. The van der Waals surface area contributed by atoms with E-state index < -0.39 is 12.1 Å². The molecule has 0 saturated carbocycles. The molecule has 7 nitrogen and oxygen atoms in total. The van der Waals surface area contributed by atoms with Crippen LogP contribution in [0, 0.1) is 0 Å². The first kappa shape index (κ1) is 18.0. The van der Waals surface area contributed by atoms with E-state index in [9.17, 15) is 14.4 Å². The summed E-state index contributed by atoms with van der Waals surface area (Å²) in [7, 11) is 3.37. The second-order valence-electron chi connectivity index (χ2n) is 6.83. The Hall–Kier alpha value is -2.83. The van der Waals surface area contributed by atoms with E-state index in [1.807, 2.05) is 30.5 Å². The van der Waals surface area contributed by atoms with Crippen LogP contribution in [0.5, 0.6) is 0 Å². The number of carbonyl (C=O) groups is 3. The molecule has 7 heteroatoms. The van der Waals surface area contributed by atoms with Crippen molar-refractivity contribution in [3.63, 3.8) is 0 Å². The second-order valence-corrected chi connectivity index (χ2v) is 6.83. The van der Waals surface area contributed by atoms with E-state index in [1.165, 1.54) is 11.8 Å². The van der Waals surface area contributed by atoms with E-state index in [2.05, 4.69) is 10.3 Å². The topological polar surface area (TPSA) is 85.5 Å². The zero-order valence-corrected chi connectivity index (χ0v) is 15.3. The molecule has 1 aromatic heterocycles. The third-order valence-electron chi connectivity index (χ3n) is 4.99. The number of aromatic nitrogens is 1. The predicted molar refractivity (Wildman–Crippen MR) is 98.4 cm³/mol. The van der Waals surface area contributed by atoms with Crippen molar-refractivity contribution in [2.75, 3.05) is 20.6 Å². The molecule has 3 rings (SSSR count). The Morgan fingerprint density at radius 2 is 2.12 bits per heavy atom. The number of likely N-dealkylation sites (N-methyl/N-ethyl adjacent to an activating group) is 2. The van der Waals surface area contributed by atoms with Crippen molar-refractivity contribution in [2.45, 2.75) is 31.8 Å². The summed E-state index contributed by atoms with van der Waals surface area (Å²) in [5.41, 5.74) is 1.94. The first-order valence-electron chi connectivity index (χ1n) is 8.72. The van der Waals surface area contributed by atoms with Gasteiger partial charge in [-0.15, -0.1) is 0 Å². The van der Waals surface area contributed by atoms with Gasteiger partial charge in [0.25, 0.3) is 0 Å². The van der Waals surface area contributed by atoms with Crippen molar-refractivity contribution < 1.29 is 14.4 Å². The second kappa shape index (κ2) is 7.19. The van der Waals surface area contributed by atoms with E-state index in [0.717, 1.165) is 16.5 Å². The van der Waals surface area contributed by atoms with Crippen LogP contribution in [0.25, 0.3) is 10.9 Å². The number of H-pyrrole nitrogens is 1. The average molecular weight is 356 g/mol. The summed E-state index contributed by atoms with van der Waals surface area (Å²) in [6.45, 7) is 2.03. The number of carbonyl (C=O) groups excluding carboxylic acids is 3. The number of aromatic amines is 1. The van der Waals surface area contributed by atoms with Crippen molar-refractivity contribution in [3.8, 4) is 0 Å². The number of hydrogen-bond donors (Lipinski definition) is 2. The lowest BCUT2D eigenvalue weighted by Gasteiger charge is -2.28. The molecule has 2 N–H and O–H groups in total. The Kier molecular flexibility index (Phi) is 4.97. The van der Waals surface area contributed by atoms with Gasteiger partial charge in [0.15, 0.2) is 0 Å². The summed E-state index contributed by atoms with van der Waals surface area (Å²) in [5, 5.41) is 3.77. The van der Waals surface area contributed by atoms with Crippen LogP contribution in [-0.4, -0.2) is 65.2 Å². The minimum Gasteiger partial charge on any atom is -0.361 e. The van der Waals surface area contributed by atoms with Crippen LogP contribution in [0.3, 0.4) is 0 Å². The van der Waals surface area contributed by atoms with Crippen LogP contribution in [0.1, 0.15) is 18.9 Å². The van der Waals surface area contributed by atoms with Crippen LogP contribution >= 0.6 is 0 Å².